The second kappa shape index (κ2) is 13.6. The highest BCUT2D eigenvalue weighted by Gasteiger charge is 2.47. The predicted octanol–water partition coefficient (Wildman–Crippen LogP) is 6.28. The van der Waals surface area contributed by atoms with Gasteiger partial charge in [0.1, 0.15) is 0 Å². The van der Waals surface area contributed by atoms with Crippen molar-refractivity contribution >= 4 is 5.78 Å². The van der Waals surface area contributed by atoms with Gasteiger partial charge in [-0.05, 0) is 50.2 Å². The molecular weight excluding hydrogens is 322 g/mol. The van der Waals surface area contributed by atoms with Crippen LogP contribution in [0.4, 0.5) is 0 Å². The van der Waals surface area contributed by atoms with Gasteiger partial charge in [-0.1, -0.05) is 58.9 Å². The van der Waals surface area contributed by atoms with E-state index >= 15 is 0 Å². The first-order valence-electron chi connectivity index (χ1n) is 9.58. The van der Waals surface area contributed by atoms with Crippen molar-refractivity contribution < 1.29 is 9.90 Å². The minimum atomic E-state index is -0.0440. The van der Waals surface area contributed by atoms with E-state index in [2.05, 4.69) is 40.9 Å². The number of hydrogen-bond donors (Lipinski definition) is 2. The second-order valence-electron chi connectivity index (χ2n) is 7.50. The topological polar surface area (TPSA) is 63.3 Å². The molecule has 0 saturated heterocycles. The molecule has 2 aliphatic carbocycles. The molecule has 0 radical (unpaired) electrons. The first kappa shape index (κ1) is 26.6. The van der Waals surface area contributed by atoms with E-state index in [-0.39, 0.29) is 11.8 Å². The van der Waals surface area contributed by atoms with Crippen LogP contribution >= 0.6 is 0 Å². The molecule has 3 heteroatoms. The van der Waals surface area contributed by atoms with Gasteiger partial charge in [-0.15, -0.1) is 6.58 Å². The molecule has 0 spiro atoms. The summed E-state index contributed by atoms with van der Waals surface area (Å²) in [4.78, 5) is 11.2. The summed E-state index contributed by atoms with van der Waals surface area (Å²) >= 11 is 0. The van der Waals surface area contributed by atoms with E-state index in [1.54, 1.807) is 6.08 Å². The number of rotatable bonds is 3. The number of Topliss-reactive ketones (excluding diaryl/α,β-unsaturated/α-hetero) is 1. The lowest BCUT2D eigenvalue weighted by Crippen LogP contribution is -2.18. The summed E-state index contributed by atoms with van der Waals surface area (Å²) < 4.78 is 0. The SMILES string of the molecule is C/C=C/C.C=C(O)C1CC1(C)C.C=CCC1=C(C)C(N)CC1=O.CCC. The van der Waals surface area contributed by atoms with E-state index in [9.17, 15) is 4.79 Å². The summed E-state index contributed by atoms with van der Waals surface area (Å²) in [5.74, 6) is 0.924. The van der Waals surface area contributed by atoms with E-state index in [1.165, 1.54) is 6.42 Å². The Morgan fingerprint density at radius 3 is 1.88 bits per heavy atom. The number of carbonyl (C=O) groups is 1. The molecule has 2 atom stereocenters. The van der Waals surface area contributed by atoms with E-state index in [1.807, 2.05) is 32.9 Å². The molecule has 0 aromatic carbocycles. The molecule has 1 fully saturated rings. The smallest absolute Gasteiger partial charge is 0.161 e. The fourth-order valence-electron chi connectivity index (χ4n) is 2.37. The Morgan fingerprint density at radius 1 is 1.31 bits per heavy atom. The first-order chi connectivity index (χ1) is 12.0. The molecule has 0 aromatic rings. The third-order valence-corrected chi connectivity index (χ3v) is 4.37. The van der Waals surface area contributed by atoms with Gasteiger partial charge in [-0.3, -0.25) is 4.79 Å². The number of aliphatic hydroxyl groups excluding tert-OH is 1. The van der Waals surface area contributed by atoms with Gasteiger partial charge in [0.15, 0.2) is 5.78 Å². The predicted molar refractivity (Wildman–Crippen MR) is 115 cm³/mol. The van der Waals surface area contributed by atoms with Gasteiger partial charge < -0.3 is 10.8 Å². The highest BCUT2D eigenvalue weighted by atomic mass is 16.3. The molecule has 150 valence electrons. The zero-order valence-electron chi connectivity index (χ0n) is 18.1. The van der Waals surface area contributed by atoms with Gasteiger partial charge in [-0.25, -0.2) is 0 Å². The Labute approximate surface area is 161 Å². The highest BCUT2D eigenvalue weighted by molar-refractivity contribution is 5.99. The van der Waals surface area contributed by atoms with Crippen molar-refractivity contribution in [1.82, 2.24) is 0 Å². The molecule has 0 aromatic heterocycles. The van der Waals surface area contributed by atoms with Crippen molar-refractivity contribution in [3.8, 4) is 0 Å². The van der Waals surface area contributed by atoms with Crippen molar-refractivity contribution in [2.75, 3.05) is 0 Å². The van der Waals surface area contributed by atoms with Gasteiger partial charge >= 0.3 is 0 Å². The molecule has 2 rings (SSSR count). The lowest BCUT2D eigenvalue weighted by Gasteiger charge is -2.00. The fourth-order valence-corrected chi connectivity index (χ4v) is 2.37. The largest absolute Gasteiger partial charge is 0.513 e. The Morgan fingerprint density at radius 2 is 1.73 bits per heavy atom. The number of hydrogen-bond acceptors (Lipinski definition) is 3. The second-order valence-corrected chi connectivity index (χ2v) is 7.50. The molecule has 0 aliphatic heterocycles. The van der Waals surface area contributed by atoms with E-state index in [0.717, 1.165) is 17.6 Å². The third-order valence-electron chi connectivity index (χ3n) is 4.37. The van der Waals surface area contributed by atoms with Crippen molar-refractivity contribution in [2.24, 2.45) is 17.1 Å². The van der Waals surface area contributed by atoms with E-state index in [0.29, 0.717) is 29.9 Å². The summed E-state index contributed by atoms with van der Waals surface area (Å²) in [6.07, 6.45) is 9.24. The van der Waals surface area contributed by atoms with E-state index < -0.39 is 0 Å². The number of ketones is 1. The van der Waals surface area contributed by atoms with Crippen LogP contribution in [0.3, 0.4) is 0 Å². The Kier molecular flexibility index (Phi) is 13.9. The molecule has 0 bridgehead atoms. The van der Waals surface area contributed by atoms with Gasteiger partial charge in [0.25, 0.3) is 0 Å². The number of aliphatic hydroxyl groups is 1. The lowest BCUT2D eigenvalue weighted by molar-refractivity contribution is -0.115. The van der Waals surface area contributed by atoms with Gasteiger partial charge in [-0.2, -0.15) is 0 Å². The zero-order valence-corrected chi connectivity index (χ0v) is 18.1. The number of allylic oxidation sites excluding steroid dienone is 5. The average molecular weight is 364 g/mol. The number of nitrogens with two attached hydrogens (primary N) is 1. The Balaban J connectivity index is 0. The maximum absolute atomic E-state index is 11.2. The van der Waals surface area contributed by atoms with Crippen LogP contribution in [0.25, 0.3) is 0 Å². The molecule has 0 heterocycles. The summed E-state index contributed by atoms with van der Waals surface area (Å²) in [7, 11) is 0. The van der Waals surface area contributed by atoms with Crippen LogP contribution in [0.5, 0.6) is 0 Å². The molecule has 2 unspecified atom stereocenters. The highest BCUT2D eigenvalue weighted by Crippen LogP contribution is 2.54. The zero-order chi connectivity index (χ0) is 20.9. The standard InChI is InChI=1S/C9H13NO.C7H12O.C4H8.C3H8/c1-3-4-7-6(2)8(10)5-9(7)11;1-5(8)6-4-7(6,2)3;1-3-4-2;1-3-2/h3,8H,1,4-5,10H2,2H3;6,8H,1,4H2,2-3H3;3-4H,1-2H3;3H2,1-2H3/b;;4-3+;. The van der Waals surface area contributed by atoms with Gasteiger partial charge in [0.2, 0.25) is 0 Å². The van der Waals surface area contributed by atoms with Crippen LogP contribution in [-0.2, 0) is 4.79 Å². The van der Waals surface area contributed by atoms with Crippen molar-refractivity contribution in [3.05, 3.63) is 48.3 Å². The minimum absolute atomic E-state index is 0.0440. The molecule has 3 nitrogen and oxygen atoms in total. The maximum Gasteiger partial charge on any atom is 0.161 e. The minimum Gasteiger partial charge on any atom is -0.513 e. The average Bonchev–Trinajstić information content (AvgIpc) is 3.15. The van der Waals surface area contributed by atoms with Gasteiger partial charge in [0, 0.05) is 18.4 Å². The van der Waals surface area contributed by atoms with Crippen LogP contribution in [0.15, 0.2) is 48.3 Å². The summed E-state index contributed by atoms with van der Waals surface area (Å²) in [5, 5.41) is 8.83. The van der Waals surface area contributed by atoms with E-state index in [4.69, 9.17) is 10.8 Å². The Hall–Kier alpha value is -1.61. The molecule has 3 N–H and O–H groups in total. The van der Waals surface area contributed by atoms with Crippen LogP contribution in [-0.4, -0.2) is 16.9 Å². The van der Waals surface area contributed by atoms with Crippen molar-refractivity contribution in [3.63, 3.8) is 0 Å². The number of carbonyl (C=O) groups excluding carboxylic acids is 1. The van der Waals surface area contributed by atoms with Crippen molar-refractivity contribution in [2.45, 2.75) is 80.2 Å². The normalized spacial score (nSPS) is 22.4. The first-order valence-corrected chi connectivity index (χ1v) is 9.58. The maximum atomic E-state index is 11.2. The molecule has 1 saturated carbocycles. The molecule has 2 aliphatic rings. The summed E-state index contributed by atoms with van der Waals surface area (Å²) in [6.45, 7) is 21.5. The van der Waals surface area contributed by atoms with Gasteiger partial charge in [0.05, 0.1) is 5.76 Å². The van der Waals surface area contributed by atoms with Crippen molar-refractivity contribution in [1.29, 1.82) is 0 Å². The quantitative estimate of drug-likeness (QED) is 0.458. The molecule has 0 amide bonds. The third kappa shape index (κ3) is 10.4. The Bertz CT molecular complexity index is 508. The summed E-state index contributed by atoms with van der Waals surface area (Å²) in [6, 6.07) is -0.0440. The fraction of sp³-hybridized carbons (Fsp3) is 0.609. The van der Waals surface area contributed by atoms with Crippen LogP contribution in [0.2, 0.25) is 0 Å². The van der Waals surface area contributed by atoms with Crippen LogP contribution in [0, 0.1) is 11.3 Å². The summed E-state index contributed by atoms with van der Waals surface area (Å²) in [5.41, 5.74) is 7.92. The van der Waals surface area contributed by atoms with Crippen LogP contribution < -0.4 is 5.73 Å². The van der Waals surface area contributed by atoms with Crippen LogP contribution in [0.1, 0.15) is 74.1 Å². The molecule has 26 heavy (non-hydrogen) atoms. The monoisotopic (exact) mass is 363 g/mol. The lowest BCUT2D eigenvalue weighted by atomic mass is 10.1. The molecular formula is C23H41NO2.